The third kappa shape index (κ3) is 7.89. The number of hydrogen-bond acceptors (Lipinski definition) is 12. The van der Waals surface area contributed by atoms with Crippen LogP contribution in [0.25, 0.3) is 32.9 Å². The summed E-state index contributed by atoms with van der Waals surface area (Å²) in [5.74, 6) is -4.68. The second-order valence-corrected chi connectivity index (χ2v) is 18.5. The minimum Gasteiger partial charge on any atom is -0.353 e. The predicted molar refractivity (Wildman–Crippen MR) is 246 cm³/mol. The molecule has 0 saturated carbocycles. The molecule has 4 aliphatic rings. The van der Waals surface area contributed by atoms with Gasteiger partial charge in [-0.25, -0.2) is 32.9 Å². The number of amides is 5. The van der Waals surface area contributed by atoms with Crippen LogP contribution in [0.2, 0.25) is 0 Å². The number of anilines is 3. The van der Waals surface area contributed by atoms with Gasteiger partial charge in [-0.1, -0.05) is 18.2 Å². The van der Waals surface area contributed by atoms with Gasteiger partial charge in [0.2, 0.25) is 11.8 Å². The number of aryl methyl sites for hydroxylation is 2. The lowest BCUT2D eigenvalue weighted by Crippen LogP contribution is -2.54. The zero-order valence-electron chi connectivity index (χ0n) is 36.8. The van der Waals surface area contributed by atoms with Crippen molar-refractivity contribution in [3.63, 3.8) is 0 Å². The minimum atomic E-state index is -3.11. The number of rotatable bonds is 10. The van der Waals surface area contributed by atoms with Crippen LogP contribution in [0, 0.1) is 5.82 Å². The van der Waals surface area contributed by atoms with Crippen molar-refractivity contribution in [2.45, 2.75) is 50.1 Å². The van der Waals surface area contributed by atoms with E-state index in [9.17, 15) is 19.2 Å². The Morgan fingerprint density at radius 2 is 1.82 bits per heavy atom. The van der Waals surface area contributed by atoms with Crippen molar-refractivity contribution in [1.29, 1.82) is 0 Å². The van der Waals surface area contributed by atoms with Gasteiger partial charge in [-0.2, -0.15) is 10.2 Å². The summed E-state index contributed by atoms with van der Waals surface area (Å²) < 4.78 is 53.2. The molecule has 2 atom stereocenters. The van der Waals surface area contributed by atoms with E-state index in [0.29, 0.717) is 88.2 Å². The highest BCUT2D eigenvalue weighted by Crippen LogP contribution is 2.42. The van der Waals surface area contributed by atoms with Crippen LogP contribution in [0.1, 0.15) is 48.2 Å². The molecule has 350 valence electrons. The lowest BCUT2D eigenvalue weighted by molar-refractivity contribution is -0.136. The van der Waals surface area contributed by atoms with Crippen molar-refractivity contribution < 1.29 is 32.3 Å². The first-order valence-corrected chi connectivity index (χ1v) is 23.4. The van der Waals surface area contributed by atoms with Gasteiger partial charge >= 0.3 is 6.03 Å². The third-order valence-corrected chi connectivity index (χ3v) is 14.2. The number of thiazole rings is 1. The fourth-order valence-electron chi connectivity index (χ4n) is 9.99. The normalized spacial score (nSPS) is 19.2. The zero-order chi connectivity index (χ0) is 46.8. The number of piperidine rings is 1. The van der Waals surface area contributed by atoms with Gasteiger partial charge in [0.25, 0.3) is 11.8 Å². The SMILES string of the molecule is Cn1nc(N2CCC(=O)NC2=O)c2ccc(C3CCN(CC(=O)N4CCN(c5ccc(-c6ccc7cn(C(C(=O)Nc8nccs8)c8ncn9c8CCC9)nc7c6F)cn5)CC4)CC3(F)F)cc21. The van der Waals surface area contributed by atoms with Crippen molar-refractivity contribution in [2.75, 3.05) is 67.5 Å². The molecule has 2 aromatic carbocycles. The number of imidazole rings is 1. The highest BCUT2D eigenvalue weighted by Gasteiger charge is 2.46. The number of likely N-dealkylation sites (tertiary alicyclic amines) is 1. The highest BCUT2D eigenvalue weighted by molar-refractivity contribution is 7.13. The van der Waals surface area contributed by atoms with E-state index in [2.05, 4.69) is 35.8 Å². The van der Waals surface area contributed by atoms with Crippen LogP contribution >= 0.6 is 11.3 Å². The van der Waals surface area contributed by atoms with E-state index in [1.165, 1.54) is 25.8 Å². The maximum absolute atomic E-state index is 16.4. The minimum absolute atomic E-state index is 0.105. The van der Waals surface area contributed by atoms with E-state index < -0.39 is 36.3 Å². The smallest absolute Gasteiger partial charge is 0.329 e. The van der Waals surface area contributed by atoms with Gasteiger partial charge in [0.1, 0.15) is 11.3 Å². The number of imide groups is 1. The summed E-state index contributed by atoms with van der Waals surface area (Å²) >= 11 is 1.29. The summed E-state index contributed by atoms with van der Waals surface area (Å²) in [5, 5.41) is 17.6. The summed E-state index contributed by atoms with van der Waals surface area (Å²) in [4.78, 5) is 71.5. The van der Waals surface area contributed by atoms with Crippen LogP contribution in [-0.2, 0) is 34.4 Å². The molecule has 7 aromatic rings. The van der Waals surface area contributed by atoms with Crippen LogP contribution < -0.4 is 20.4 Å². The average molecular weight is 947 g/mol. The largest absolute Gasteiger partial charge is 0.353 e. The maximum Gasteiger partial charge on any atom is 0.329 e. The first-order chi connectivity index (χ1) is 32.9. The van der Waals surface area contributed by atoms with Crippen LogP contribution in [0.4, 0.5) is 34.7 Å². The number of alkyl halides is 2. The summed E-state index contributed by atoms with van der Waals surface area (Å²) in [5.41, 5.74) is 3.50. The van der Waals surface area contributed by atoms with E-state index in [4.69, 9.17) is 0 Å². The quantitative estimate of drug-likeness (QED) is 0.185. The first kappa shape index (κ1) is 43.4. The summed E-state index contributed by atoms with van der Waals surface area (Å²) in [6.45, 7) is 2.33. The fraction of sp³-hybridized carbons (Fsp3) is 0.370. The van der Waals surface area contributed by atoms with Gasteiger partial charge in [0.15, 0.2) is 22.8 Å². The Morgan fingerprint density at radius 1 is 0.971 bits per heavy atom. The molecule has 0 aliphatic carbocycles. The summed E-state index contributed by atoms with van der Waals surface area (Å²) in [6, 6.07) is 10.5. The number of piperazine rings is 1. The molecule has 18 nitrogen and oxygen atoms in total. The Balaban J connectivity index is 0.714. The van der Waals surface area contributed by atoms with E-state index in [0.717, 1.165) is 25.1 Å². The number of aromatic nitrogens is 8. The molecule has 3 fully saturated rings. The Kier molecular flexibility index (Phi) is 10.9. The van der Waals surface area contributed by atoms with E-state index in [1.807, 2.05) is 9.47 Å². The molecule has 9 heterocycles. The molecule has 68 heavy (non-hydrogen) atoms. The second kappa shape index (κ2) is 17.1. The number of halogens is 3. The monoisotopic (exact) mass is 946 g/mol. The molecular formula is C46H45F3N14O4S. The number of pyridine rings is 1. The van der Waals surface area contributed by atoms with Crippen molar-refractivity contribution in [3.8, 4) is 11.1 Å². The molecule has 2 unspecified atom stereocenters. The number of urea groups is 1. The Bertz CT molecular complexity index is 3110. The Morgan fingerprint density at radius 3 is 2.59 bits per heavy atom. The highest BCUT2D eigenvalue weighted by atomic mass is 32.1. The number of carbonyl (C=O) groups is 4. The molecule has 22 heteroatoms. The molecule has 0 bridgehead atoms. The third-order valence-electron chi connectivity index (χ3n) is 13.5. The number of nitrogens with one attached hydrogen (secondary N) is 2. The predicted octanol–water partition coefficient (Wildman–Crippen LogP) is 5.17. The van der Waals surface area contributed by atoms with Gasteiger partial charge in [0.05, 0.1) is 36.5 Å². The standard InChI is InChI=1S/C46H45F3N14O4S/c1-57-34-21-27(4-8-31(34)42(56-57)62-15-11-36(64)53-45(62)67)32-10-14-58(25-46(32,48)49)24-37(65)60-18-16-59(17-19-60)35-9-6-28(22-51-35)30-7-5-29-23-63(55-39(29)38(30)47)41(43(66)54-44-50-12-20-68-44)40-33-3-2-13-61(33)26-52-40/h4-9,12,20-23,26,32,41H,2-3,10-11,13-19,24-25H2,1H3,(H,50,54,66)(H,53,64,67). The van der Waals surface area contributed by atoms with Crippen LogP contribution in [0.5, 0.6) is 0 Å². The zero-order valence-corrected chi connectivity index (χ0v) is 37.6. The number of carbonyl (C=O) groups excluding carboxylic acids is 4. The Labute approximate surface area is 390 Å². The lowest BCUT2D eigenvalue weighted by atomic mass is 9.85. The average Bonchev–Trinajstić information content (AvgIpc) is 4.19. The molecule has 5 aromatic heterocycles. The van der Waals surface area contributed by atoms with Gasteiger partial charge in [-0.3, -0.25) is 44.2 Å². The van der Waals surface area contributed by atoms with Crippen LogP contribution in [0.15, 0.2) is 72.8 Å². The van der Waals surface area contributed by atoms with Crippen molar-refractivity contribution in [2.24, 2.45) is 7.05 Å². The van der Waals surface area contributed by atoms with E-state index in [1.54, 1.807) is 89.4 Å². The molecule has 11 rings (SSSR count). The van der Waals surface area contributed by atoms with E-state index >= 15 is 13.2 Å². The van der Waals surface area contributed by atoms with Gasteiger partial charge < -0.3 is 14.4 Å². The summed E-state index contributed by atoms with van der Waals surface area (Å²) in [6.07, 6.45) is 8.58. The van der Waals surface area contributed by atoms with Gasteiger partial charge in [0, 0.05) is 104 Å². The topological polar surface area (TPSA) is 185 Å². The van der Waals surface area contributed by atoms with Gasteiger partial charge in [-0.05, 0) is 55.6 Å². The number of hydrogen-bond donors (Lipinski definition) is 2. The fourth-order valence-corrected chi connectivity index (χ4v) is 10.5. The second-order valence-electron chi connectivity index (χ2n) is 17.6. The molecule has 0 radical (unpaired) electrons. The van der Waals surface area contributed by atoms with Crippen LogP contribution in [-0.4, -0.2) is 131 Å². The first-order valence-electron chi connectivity index (χ1n) is 22.5. The summed E-state index contributed by atoms with van der Waals surface area (Å²) in [7, 11) is 1.68. The molecule has 5 amide bonds. The molecule has 0 spiro atoms. The maximum atomic E-state index is 16.4. The molecular weight excluding hydrogens is 902 g/mol. The van der Waals surface area contributed by atoms with Crippen molar-refractivity contribution in [1.82, 2.24) is 54.2 Å². The van der Waals surface area contributed by atoms with Crippen molar-refractivity contribution >= 4 is 73.7 Å². The molecule has 4 aliphatic heterocycles. The number of nitrogens with zero attached hydrogens (tertiary/aromatic N) is 12. The van der Waals surface area contributed by atoms with Gasteiger partial charge in [-0.15, -0.1) is 11.3 Å². The lowest BCUT2D eigenvalue weighted by Gasteiger charge is -2.40. The van der Waals surface area contributed by atoms with Crippen LogP contribution in [0.3, 0.4) is 0 Å². The number of benzene rings is 2. The molecule has 2 N–H and O–H groups in total. The molecule has 3 saturated heterocycles. The van der Waals surface area contributed by atoms with Crippen molar-refractivity contribution in [3.05, 3.63) is 95.5 Å². The van der Waals surface area contributed by atoms with E-state index in [-0.39, 0.29) is 49.2 Å². The number of fused-ring (bicyclic) bond motifs is 3. The Hall–Kier alpha value is -7.20.